The average molecular weight is 444 g/mol. The first-order chi connectivity index (χ1) is 10.6. The van der Waals surface area contributed by atoms with Crippen molar-refractivity contribution < 1.29 is 9.53 Å². The van der Waals surface area contributed by atoms with Crippen LogP contribution in [0.2, 0.25) is 0 Å². The Balaban J connectivity index is 2.13. The van der Waals surface area contributed by atoms with Gasteiger partial charge in [0, 0.05) is 10.5 Å². The molecule has 2 nitrogen and oxygen atoms in total. The number of rotatable bonds is 6. The van der Waals surface area contributed by atoms with Gasteiger partial charge < -0.3 is 4.74 Å². The molecule has 0 saturated carbocycles. The Kier molecular flexibility index (Phi) is 6.53. The van der Waals surface area contributed by atoms with E-state index in [-0.39, 0.29) is 15.4 Å². The summed E-state index contributed by atoms with van der Waals surface area (Å²) >= 11 is 8.84. The first-order valence-corrected chi connectivity index (χ1v) is 9.72. The number of carbonyl (C=O) groups is 1. The summed E-state index contributed by atoms with van der Waals surface area (Å²) in [5, 5.41) is 0. The Morgan fingerprint density at radius 3 is 2.14 bits per heavy atom. The van der Waals surface area contributed by atoms with E-state index in [1.54, 1.807) is 43.1 Å². The van der Waals surface area contributed by atoms with Gasteiger partial charge in [-0.05, 0) is 48.2 Å². The van der Waals surface area contributed by atoms with Crippen molar-refractivity contribution in [2.75, 3.05) is 13.4 Å². The van der Waals surface area contributed by atoms with Crippen LogP contribution in [0.4, 0.5) is 0 Å². The summed E-state index contributed by atoms with van der Waals surface area (Å²) in [6, 6.07) is 15.4. The second-order valence-corrected chi connectivity index (χ2v) is 7.52. The summed E-state index contributed by atoms with van der Waals surface area (Å²) in [7, 11) is 1.61. The quantitative estimate of drug-likeness (QED) is 0.335. The van der Waals surface area contributed by atoms with Gasteiger partial charge in [0.1, 0.15) is 5.75 Å². The molecule has 2 aromatic rings. The number of carbonyl (C=O) groups excluding carboxylic acids is 1. The molecule has 2 rings (SSSR count). The molecule has 0 heterocycles. The van der Waals surface area contributed by atoms with Crippen LogP contribution in [0.25, 0.3) is 0 Å². The fourth-order valence-corrected chi connectivity index (χ4v) is 3.53. The molecule has 5 heteroatoms. The maximum absolute atomic E-state index is 12.6. The normalized spacial score (nSPS) is 13.5. The summed E-state index contributed by atoms with van der Waals surface area (Å²) in [6.45, 7) is 0. The van der Waals surface area contributed by atoms with Gasteiger partial charge in [0.25, 0.3) is 0 Å². The molecule has 0 spiro atoms. The van der Waals surface area contributed by atoms with E-state index < -0.39 is 0 Å². The molecule has 0 aliphatic rings. The van der Waals surface area contributed by atoms with Crippen molar-refractivity contribution in [3.63, 3.8) is 0 Å². The van der Waals surface area contributed by atoms with E-state index in [9.17, 15) is 4.79 Å². The monoisotopic (exact) mass is 442 g/mol. The molecule has 0 unspecified atom stereocenters. The van der Waals surface area contributed by atoms with E-state index in [2.05, 4.69) is 44.0 Å². The summed E-state index contributed by atoms with van der Waals surface area (Å²) in [5.41, 5.74) is 1.73. The summed E-state index contributed by atoms with van der Waals surface area (Å²) in [6.07, 6.45) is 2.04. The fourth-order valence-electron chi connectivity index (χ4n) is 2.00. The Bertz CT molecular complexity index is 626. The van der Waals surface area contributed by atoms with Crippen molar-refractivity contribution in [3.8, 4) is 5.75 Å². The summed E-state index contributed by atoms with van der Waals surface area (Å²) < 4.78 is 5.11. The molecule has 116 valence electrons. The molecule has 2 atom stereocenters. The SMILES string of the molecule is COc1ccc(C(=O)[C@H](Br)[C@H](Br)c2ccc(SC)cc2)cc1. The number of Topliss-reactive ketones (excluding diaryl/α,β-unsaturated/α-hetero) is 1. The molecule has 0 aliphatic carbocycles. The van der Waals surface area contributed by atoms with Crippen molar-refractivity contribution in [1.82, 2.24) is 0 Å². The molecule has 0 saturated heterocycles. The van der Waals surface area contributed by atoms with Crippen molar-refractivity contribution >= 4 is 49.4 Å². The summed E-state index contributed by atoms with van der Waals surface area (Å²) in [5.74, 6) is 0.782. The number of ketones is 1. The minimum Gasteiger partial charge on any atom is -0.497 e. The van der Waals surface area contributed by atoms with Crippen LogP contribution in [0.15, 0.2) is 53.4 Å². The topological polar surface area (TPSA) is 26.3 Å². The fraction of sp³-hybridized carbons (Fsp3) is 0.235. The van der Waals surface area contributed by atoms with Crippen LogP contribution in [0.1, 0.15) is 20.7 Å². The molecule has 0 fully saturated rings. The first kappa shape index (κ1) is 17.6. The van der Waals surface area contributed by atoms with Crippen LogP contribution in [0, 0.1) is 0 Å². The molecular formula is C17H16Br2O2S. The lowest BCUT2D eigenvalue weighted by Gasteiger charge is -2.17. The predicted molar refractivity (Wildman–Crippen MR) is 99.9 cm³/mol. The number of benzene rings is 2. The van der Waals surface area contributed by atoms with Crippen LogP contribution in [0.5, 0.6) is 5.75 Å². The molecule has 0 aliphatic heterocycles. The maximum atomic E-state index is 12.6. The lowest BCUT2D eigenvalue weighted by atomic mass is 10.0. The number of alkyl halides is 2. The highest BCUT2D eigenvalue weighted by Gasteiger charge is 2.26. The lowest BCUT2D eigenvalue weighted by molar-refractivity contribution is 0.0991. The Morgan fingerprint density at radius 2 is 1.64 bits per heavy atom. The van der Waals surface area contributed by atoms with Gasteiger partial charge in [-0.15, -0.1) is 11.8 Å². The second-order valence-electron chi connectivity index (χ2n) is 4.67. The largest absolute Gasteiger partial charge is 0.497 e. The van der Waals surface area contributed by atoms with Gasteiger partial charge in [-0.3, -0.25) is 4.79 Å². The van der Waals surface area contributed by atoms with Gasteiger partial charge >= 0.3 is 0 Å². The van der Waals surface area contributed by atoms with Crippen LogP contribution in [-0.2, 0) is 0 Å². The molecule has 0 radical (unpaired) electrons. The van der Waals surface area contributed by atoms with Crippen LogP contribution >= 0.6 is 43.6 Å². The zero-order valence-electron chi connectivity index (χ0n) is 12.3. The van der Waals surface area contributed by atoms with E-state index in [0.29, 0.717) is 5.56 Å². The number of ether oxygens (including phenoxy) is 1. The van der Waals surface area contributed by atoms with Crippen molar-refractivity contribution in [1.29, 1.82) is 0 Å². The van der Waals surface area contributed by atoms with Crippen LogP contribution in [-0.4, -0.2) is 24.0 Å². The standard InChI is InChI=1S/C17H16Br2O2S/c1-21-13-7-3-12(4-8-13)17(20)16(19)15(18)11-5-9-14(22-2)10-6-11/h3-10,15-16H,1-2H3/t15-,16-/m1/s1. The van der Waals surface area contributed by atoms with Gasteiger partial charge in [-0.2, -0.15) is 0 Å². The van der Waals surface area contributed by atoms with Crippen molar-refractivity contribution in [2.45, 2.75) is 14.5 Å². The molecule has 0 amide bonds. The minimum absolute atomic E-state index is 0.0403. The van der Waals surface area contributed by atoms with Gasteiger partial charge in [-0.25, -0.2) is 0 Å². The minimum atomic E-state index is -0.332. The van der Waals surface area contributed by atoms with Gasteiger partial charge in [-0.1, -0.05) is 44.0 Å². The number of methoxy groups -OCH3 is 1. The maximum Gasteiger partial charge on any atom is 0.177 e. The van der Waals surface area contributed by atoms with E-state index in [1.807, 2.05) is 18.4 Å². The molecule has 0 aromatic heterocycles. The van der Waals surface area contributed by atoms with Gasteiger partial charge in [0.05, 0.1) is 16.8 Å². The Morgan fingerprint density at radius 1 is 1.05 bits per heavy atom. The average Bonchev–Trinajstić information content (AvgIpc) is 2.60. The highest BCUT2D eigenvalue weighted by atomic mass is 79.9. The van der Waals surface area contributed by atoms with Crippen LogP contribution in [0.3, 0.4) is 0 Å². The summed E-state index contributed by atoms with van der Waals surface area (Å²) in [4.78, 5) is 13.3. The number of thioether (sulfide) groups is 1. The van der Waals surface area contributed by atoms with E-state index in [4.69, 9.17) is 4.74 Å². The highest BCUT2D eigenvalue weighted by molar-refractivity contribution is 9.12. The van der Waals surface area contributed by atoms with Crippen molar-refractivity contribution in [3.05, 3.63) is 59.7 Å². The Labute approximate surface area is 151 Å². The molecule has 22 heavy (non-hydrogen) atoms. The Hall–Kier alpha value is -0.780. The van der Waals surface area contributed by atoms with Gasteiger partial charge in [0.2, 0.25) is 0 Å². The zero-order chi connectivity index (χ0) is 16.1. The van der Waals surface area contributed by atoms with E-state index in [0.717, 1.165) is 11.3 Å². The third-order valence-electron chi connectivity index (χ3n) is 3.32. The first-order valence-electron chi connectivity index (χ1n) is 6.67. The zero-order valence-corrected chi connectivity index (χ0v) is 16.2. The smallest absolute Gasteiger partial charge is 0.177 e. The highest BCUT2D eigenvalue weighted by Crippen LogP contribution is 2.34. The lowest BCUT2D eigenvalue weighted by Crippen LogP contribution is -2.19. The number of hydrogen-bond donors (Lipinski definition) is 0. The predicted octanol–water partition coefficient (Wildman–Crippen LogP) is 5.50. The van der Waals surface area contributed by atoms with Crippen LogP contribution < -0.4 is 4.74 Å². The third kappa shape index (κ3) is 4.15. The van der Waals surface area contributed by atoms with Gasteiger partial charge in [0.15, 0.2) is 5.78 Å². The van der Waals surface area contributed by atoms with E-state index in [1.165, 1.54) is 4.90 Å². The third-order valence-corrected chi connectivity index (χ3v) is 6.77. The number of halogens is 2. The second kappa shape index (κ2) is 8.18. The molecule has 0 N–H and O–H groups in total. The van der Waals surface area contributed by atoms with E-state index >= 15 is 0 Å². The number of hydrogen-bond acceptors (Lipinski definition) is 3. The molecule has 0 bridgehead atoms. The van der Waals surface area contributed by atoms with Crippen molar-refractivity contribution in [2.24, 2.45) is 0 Å². The molecule has 2 aromatic carbocycles. The molecular weight excluding hydrogens is 428 g/mol.